The van der Waals surface area contributed by atoms with Crippen LogP contribution in [0.2, 0.25) is 0 Å². The average Bonchev–Trinajstić information content (AvgIpc) is 2.28. The fraction of sp³-hybridized carbons (Fsp3) is 0.333. The van der Waals surface area contributed by atoms with Gasteiger partial charge in [0, 0.05) is 11.4 Å². The summed E-state index contributed by atoms with van der Waals surface area (Å²) in [5, 5.41) is 11.7. The molecule has 3 N–H and O–H groups in total. The Kier molecular flexibility index (Phi) is 2.84. The van der Waals surface area contributed by atoms with Gasteiger partial charge in [0.1, 0.15) is 5.75 Å². The van der Waals surface area contributed by atoms with Gasteiger partial charge in [-0.1, -0.05) is 51.1 Å². The number of benzene rings is 2. The lowest BCUT2D eigenvalue weighted by atomic mass is 9.81. The molecule has 2 aromatic rings. The lowest BCUT2D eigenvalue weighted by Gasteiger charge is -2.28. The van der Waals surface area contributed by atoms with Crippen molar-refractivity contribution in [3.63, 3.8) is 0 Å². The number of rotatable bonds is 1. The van der Waals surface area contributed by atoms with Crippen molar-refractivity contribution in [3.05, 3.63) is 42.0 Å². The van der Waals surface area contributed by atoms with E-state index in [4.69, 9.17) is 5.73 Å². The largest absolute Gasteiger partial charge is 0.507 e. The van der Waals surface area contributed by atoms with Gasteiger partial charge in [-0.2, -0.15) is 0 Å². The van der Waals surface area contributed by atoms with E-state index < -0.39 is 0 Å². The Bertz CT molecular complexity index is 540. The van der Waals surface area contributed by atoms with Crippen molar-refractivity contribution in [2.45, 2.75) is 26.8 Å². The third kappa shape index (κ3) is 2.13. The van der Waals surface area contributed by atoms with E-state index in [-0.39, 0.29) is 11.5 Å². The number of nitrogens with two attached hydrogens (primary N) is 1. The summed E-state index contributed by atoms with van der Waals surface area (Å²) in [7, 11) is 0. The highest BCUT2D eigenvalue weighted by molar-refractivity contribution is 5.91. The van der Waals surface area contributed by atoms with Crippen molar-refractivity contribution in [2.24, 2.45) is 11.1 Å². The van der Waals surface area contributed by atoms with Crippen LogP contribution in [0.15, 0.2) is 36.4 Å². The molecule has 0 bridgehead atoms. The first-order valence-corrected chi connectivity index (χ1v) is 5.87. The Hall–Kier alpha value is -1.54. The Morgan fingerprint density at radius 1 is 1.00 bits per heavy atom. The predicted octanol–water partition coefficient (Wildman–Crippen LogP) is 3.59. The van der Waals surface area contributed by atoms with Gasteiger partial charge in [0.2, 0.25) is 0 Å². The molecule has 0 aliphatic rings. The summed E-state index contributed by atoms with van der Waals surface area (Å²) < 4.78 is 0. The molecule has 2 heteroatoms. The molecular formula is C15H19NO. The lowest BCUT2D eigenvalue weighted by molar-refractivity contribution is 0.328. The van der Waals surface area contributed by atoms with E-state index in [0.717, 1.165) is 16.3 Å². The van der Waals surface area contributed by atoms with Crippen LogP contribution in [0, 0.1) is 5.41 Å². The predicted molar refractivity (Wildman–Crippen MR) is 72.0 cm³/mol. The monoisotopic (exact) mass is 229 g/mol. The van der Waals surface area contributed by atoms with Gasteiger partial charge in [-0.3, -0.25) is 0 Å². The summed E-state index contributed by atoms with van der Waals surface area (Å²) in [6.07, 6.45) is 0. The number of fused-ring (bicyclic) bond motifs is 1. The molecule has 0 radical (unpaired) electrons. The molecule has 0 aromatic heterocycles. The standard InChI is InChI=1S/C15H19NO/c1-15(2,3)14(16)12-8-9-13(17)11-7-5-4-6-10(11)12/h4-9,14,17H,16H2,1-3H3. The van der Waals surface area contributed by atoms with E-state index in [2.05, 4.69) is 20.8 Å². The molecule has 2 rings (SSSR count). The Labute approximate surface area is 102 Å². The highest BCUT2D eigenvalue weighted by atomic mass is 16.3. The second kappa shape index (κ2) is 4.04. The van der Waals surface area contributed by atoms with Crippen molar-refractivity contribution < 1.29 is 5.11 Å². The van der Waals surface area contributed by atoms with Crippen LogP contribution < -0.4 is 5.73 Å². The molecule has 0 heterocycles. The maximum atomic E-state index is 9.84. The van der Waals surface area contributed by atoms with Crippen molar-refractivity contribution in [1.29, 1.82) is 0 Å². The summed E-state index contributed by atoms with van der Waals surface area (Å²) in [6, 6.07) is 11.4. The first kappa shape index (κ1) is 11.9. The molecule has 0 aliphatic carbocycles. The van der Waals surface area contributed by atoms with Crippen LogP contribution >= 0.6 is 0 Å². The van der Waals surface area contributed by atoms with Gasteiger partial charge >= 0.3 is 0 Å². The molecule has 0 saturated heterocycles. The minimum Gasteiger partial charge on any atom is -0.507 e. The fourth-order valence-corrected chi connectivity index (χ4v) is 2.04. The third-order valence-corrected chi connectivity index (χ3v) is 3.20. The van der Waals surface area contributed by atoms with E-state index in [9.17, 15) is 5.11 Å². The first-order chi connectivity index (χ1) is 7.91. The topological polar surface area (TPSA) is 46.2 Å². The van der Waals surface area contributed by atoms with Crippen LogP contribution in [-0.2, 0) is 0 Å². The van der Waals surface area contributed by atoms with Gasteiger partial charge in [0.15, 0.2) is 0 Å². The minimum atomic E-state index is -0.0481. The Balaban J connectivity index is 2.67. The highest BCUT2D eigenvalue weighted by Gasteiger charge is 2.24. The van der Waals surface area contributed by atoms with Crippen LogP contribution in [0.5, 0.6) is 5.75 Å². The van der Waals surface area contributed by atoms with Gasteiger partial charge in [0.25, 0.3) is 0 Å². The van der Waals surface area contributed by atoms with Crippen molar-refractivity contribution >= 4 is 10.8 Å². The highest BCUT2D eigenvalue weighted by Crippen LogP contribution is 2.36. The van der Waals surface area contributed by atoms with Crippen molar-refractivity contribution in [2.75, 3.05) is 0 Å². The van der Waals surface area contributed by atoms with E-state index >= 15 is 0 Å². The summed E-state index contributed by atoms with van der Waals surface area (Å²) in [5.41, 5.74) is 7.40. The summed E-state index contributed by atoms with van der Waals surface area (Å²) in [5.74, 6) is 0.311. The molecule has 1 unspecified atom stereocenters. The van der Waals surface area contributed by atoms with Crippen LogP contribution in [0.1, 0.15) is 32.4 Å². The zero-order valence-corrected chi connectivity index (χ0v) is 10.6. The Morgan fingerprint density at radius 3 is 2.18 bits per heavy atom. The zero-order valence-electron chi connectivity index (χ0n) is 10.6. The number of phenolic OH excluding ortho intramolecular Hbond substituents is 1. The van der Waals surface area contributed by atoms with Crippen LogP contribution in [0.25, 0.3) is 10.8 Å². The smallest absolute Gasteiger partial charge is 0.123 e. The van der Waals surface area contributed by atoms with Gasteiger partial charge in [0.05, 0.1) is 0 Å². The maximum Gasteiger partial charge on any atom is 0.123 e. The van der Waals surface area contributed by atoms with E-state index in [1.165, 1.54) is 0 Å². The molecule has 2 aromatic carbocycles. The number of hydrogen-bond donors (Lipinski definition) is 2. The Morgan fingerprint density at radius 2 is 1.59 bits per heavy atom. The molecular weight excluding hydrogens is 210 g/mol. The van der Waals surface area contributed by atoms with E-state index in [1.54, 1.807) is 6.07 Å². The molecule has 1 atom stereocenters. The van der Waals surface area contributed by atoms with E-state index in [1.807, 2.05) is 30.3 Å². The molecule has 0 aliphatic heterocycles. The van der Waals surface area contributed by atoms with Crippen molar-refractivity contribution in [3.8, 4) is 5.75 Å². The quantitative estimate of drug-likeness (QED) is 0.785. The second-order valence-electron chi connectivity index (χ2n) is 5.56. The van der Waals surface area contributed by atoms with Gasteiger partial charge in [-0.15, -0.1) is 0 Å². The lowest BCUT2D eigenvalue weighted by Crippen LogP contribution is -2.26. The molecule has 0 saturated carbocycles. The average molecular weight is 229 g/mol. The molecule has 0 fully saturated rings. The number of hydrogen-bond acceptors (Lipinski definition) is 2. The third-order valence-electron chi connectivity index (χ3n) is 3.20. The van der Waals surface area contributed by atoms with Crippen LogP contribution in [-0.4, -0.2) is 5.11 Å². The van der Waals surface area contributed by atoms with E-state index in [0.29, 0.717) is 5.75 Å². The van der Waals surface area contributed by atoms with Crippen LogP contribution in [0.4, 0.5) is 0 Å². The second-order valence-corrected chi connectivity index (χ2v) is 5.56. The maximum absolute atomic E-state index is 9.84. The summed E-state index contributed by atoms with van der Waals surface area (Å²) >= 11 is 0. The van der Waals surface area contributed by atoms with Gasteiger partial charge in [-0.25, -0.2) is 0 Å². The van der Waals surface area contributed by atoms with Crippen molar-refractivity contribution in [1.82, 2.24) is 0 Å². The van der Waals surface area contributed by atoms with Gasteiger partial charge in [-0.05, 0) is 22.4 Å². The molecule has 0 amide bonds. The van der Waals surface area contributed by atoms with Crippen LogP contribution in [0.3, 0.4) is 0 Å². The fourth-order valence-electron chi connectivity index (χ4n) is 2.04. The normalized spacial score (nSPS) is 13.9. The summed E-state index contributed by atoms with van der Waals surface area (Å²) in [4.78, 5) is 0. The number of aromatic hydroxyl groups is 1. The molecule has 2 nitrogen and oxygen atoms in total. The molecule has 0 spiro atoms. The zero-order chi connectivity index (χ0) is 12.6. The SMILES string of the molecule is CC(C)(C)C(N)c1ccc(O)c2ccccc12. The molecule has 90 valence electrons. The van der Waals surface area contributed by atoms with Gasteiger partial charge < -0.3 is 10.8 Å². The number of phenols is 1. The summed E-state index contributed by atoms with van der Waals surface area (Å²) in [6.45, 7) is 6.37. The minimum absolute atomic E-state index is 0.000254. The molecule has 17 heavy (non-hydrogen) atoms. The first-order valence-electron chi connectivity index (χ1n) is 5.87.